The van der Waals surface area contributed by atoms with Crippen molar-refractivity contribution in [3.05, 3.63) is 101 Å². The van der Waals surface area contributed by atoms with Crippen molar-refractivity contribution in [3.63, 3.8) is 0 Å². The average molecular weight is 539 g/mol. The van der Waals surface area contributed by atoms with Crippen LogP contribution in [0.4, 0.5) is 5.69 Å². The van der Waals surface area contributed by atoms with Crippen molar-refractivity contribution < 1.29 is 9.53 Å². The van der Waals surface area contributed by atoms with Crippen molar-refractivity contribution >= 4 is 29.3 Å². The van der Waals surface area contributed by atoms with Gasteiger partial charge in [0.05, 0.1) is 23.5 Å². The third kappa shape index (κ3) is 4.02. The van der Waals surface area contributed by atoms with Crippen molar-refractivity contribution in [3.8, 4) is 22.7 Å². The molecule has 0 radical (unpaired) electrons. The molecular weight excluding hydrogens is 508 g/mol. The quantitative estimate of drug-likeness (QED) is 0.313. The van der Waals surface area contributed by atoms with Crippen molar-refractivity contribution in [1.82, 2.24) is 15.1 Å². The topological polar surface area (TPSA) is 59.4 Å². The molecule has 39 heavy (non-hydrogen) atoms. The smallest absolute Gasteiger partial charge is 0.223 e. The summed E-state index contributed by atoms with van der Waals surface area (Å²) in [6, 6.07) is 22.3. The zero-order chi connectivity index (χ0) is 27.4. The first-order valence-electron chi connectivity index (χ1n) is 13.1. The summed E-state index contributed by atoms with van der Waals surface area (Å²) in [6.45, 7) is 7.18. The summed E-state index contributed by atoms with van der Waals surface area (Å²) in [6.07, 6.45) is 6.70. The van der Waals surface area contributed by atoms with E-state index in [9.17, 15) is 4.79 Å². The molecule has 4 aromatic rings. The third-order valence-electron chi connectivity index (χ3n) is 8.08. The number of nitrogens with zero attached hydrogens (tertiary/aromatic N) is 3. The lowest BCUT2D eigenvalue weighted by molar-refractivity contribution is -0.124. The maximum Gasteiger partial charge on any atom is 0.223 e. The molecule has 0 bridgehead atoms. The lowest BCUT2D eigenvalue weighted by Crippen LogP contribution is -2.68. The molecule has 1 saturated heterocycles. The summed E-state index contributed by atoms with van der Waals surface area (Å²) in [5.41, 5.74) is 6.03. The number of hydrogen-bond acceptors (Lipinski definition) is 4. The summed E-state index contributed by atoms with van der Waals surface area (Å²) in [5.74, 6) is 0.663. The Balaban J connectivity index is 1.50. The lowest BCUT2D eigenvalue weighted by Gasteiger charge is -2.49. The van der Waals surface area contributed by atoms with Crippen LogP contribution in [-0.4, -0.2) is 35.0 Å². The number of fused-ring (bicyclic) bond motifs is 3. The minimum atomic E-state index is -0.720. The molecule has 1 aromatic heterocycles. The van der Waals surface area contributed by atoms with Crippen molar-refractivity contribution in [2.24, 2.45) is 0 Å². The summed E-state index contributed by atoms with van der Waals surface area (Å²) in [7, 11) is 1.60. The number of amides is 1. The van der Waals surface area contributed by atoms with Gasteiger partial charge in [-0.2, -0.15) is 5.10 Å². The summed E-state index contributed by atoms with van der Waals surface area (Å²) < 4.78 is 7.24. The van der Waals surface area contributed by atoms with Gasteiger partial charge in [0.15, 0.2) is 0 Å². The Kier molecular flexibility index (Phi) is 6.03. The summed E-state index contributed by atoms with van der Waals surface area (Å²) in [5, 5.41) is 8.86. The van der Waals surface area contributed by atoms with Crippen LogP contribution in [0.5, 0.6) is 5.75 Å². The van der Waals surface area contributed by atoms with Gasteiger partial charge in [0.2, 0.25) is 5.91 Å². The van der Waals surface area contributed by atoms with E-state index in [1.54, 1.807) is 7.11 Å². The molecule has 0 saturated carbocycles. The van der Waals surface area contributed by atoms with E-state index in [4.69, 9.17) is 21.4 Å². The molecule has 2 aliphatic heterocycles. The first kappa shape index (κ1) is 25.3. The van der Waals surface area contributed by atoms with Gasteiger partial charge in [0, 0.05) is 41.4 Å². The predicted octanol–water partition coefficient (Wildman–Crippen LogP) is 6.54. The SMILES string of the molecule is COc1ccc(-c2nn(-c3ccccc3)cc2C=CC23NC(=O)CCN2c2ccc(C)cc2C3(C)C)cc1Cl. The molecular formula is C32H31ClN4O2. The van der Waals surface area contributed by atoms with E-state index in [2.05, 4.69) is 61.3 Å². The molecule has 1 N–H and O–H groups in total. The minimum absolute atomic E-state index is 0.0515. The molecule has 1 fully saturated rings. The second kappa shape index (κ2) is 9.31. The van der Waals surface area contributed by atoms with E-state index in [0.29, 0.717) is 23.7 Å². The normalized spacial score (nSPS) is 19.6. The van der Waals surface area contributed by atoms with Gasteiger partial charge in [-0.25, -0.2) is 4.68 Å². The van der Waals surface area contributed by atoms with Gasteiger partial charge in [-0.1, -0.05) is 67.4 Å². The van der Waals surface area contributed by atoms with Gasteiger partial charge >= 0.3 is 0 Å². The Morgan fingerprint density at radius 2 is 1.87 bits per heavy atom. The Morgan fingerprint density at radius 3 is 2.62 bits per heavy atom. The van der Waals surface area contributed by atoms with E-state index in [0.717, 1.165) is 28.2 Å². The standard InChI is InChI=1S/C32H31ClN4O2/c1-21-10-12-27-25(18-21)31(2,3)32(34-29(38)15-17-36(27)32)16-14-23-20-37(24-8-6-5-7-9-24)35-30(23)22-11-13-28(39-4)26(33)19-22/h5-14,16,18-20H,15,17H2,1-4H3,(H,34,38). The molecule has 7 heteroatoms. The lowest BCUT2D eigenvalue weighted by atomic mass is 9.74. The highest BCUT2D eigenvalue weighted by molar-refractivity contribution is 6.32. The third-order valence-corrected chi connectivity index (χ3v) is 8.38. The van der Waals surface area contributed by atoms with Crippen LogP contribution in [0.1, 0.15) is 37.0 Å². The Hall–Kier alpha value is -4.03. The van der Waals surface area contributed by atoms with Crippen LogP contribution in [0.3, 0.4) is 0 Å². The molecule has 3 heterocycles. The number of halogens is 1. The molecule has 2 aliphatic rings. The largest absolute Gasteiger partial charge is 0.495 e. The molecule has 1 amide bonds. The zero-order valence-corrected chi connectivity index (χ0v) is 23.3. The van der Waals surface area contributed by atoms with Crippen LogP contribution in [0, 0.1) is 6.92 Å². The van der Waals surface area contributed by atoms with Crippen molar-refractivity contribution in [2.45, 2.75) is 38.3 Å². The van der Waals surface area contributed by atoms with E-state index < -0.39 is 5.66 Å². The van der Waals surface area contributed by atoms with Gasteiger partial charge in [-0.3, -0.25) is 4.79 Å². The highest BCUT2D eigenvalue weighted by Gasteiger charge is 2.57. The van der Waals surface area contributed by atoms with E-state index >= 15 is 0 Å². The highest BCUT2D eigenvalue weighted by atomic mass is 35.5. The van der Waals surface area contributed by atoms with Crippen LogP contribution in [0.25, 0.3) is 23.0 Å². The van der Waals surface area contributed by atoms with Gasteiger partial charge < -0.3 is 15.0 Å². The molecule has 6 rings (SSSR count). The number of para-hydroxylation sites is 1. The first-order chi connectivity index (χ1) is 18.7. The number of benzene rings is 3. The molecule has 1 unspecified atom stereocenters. The maximum atomic E-state index is 12.9. The van der Waals surface area contributed by atoms with Crippen molar-refractivity contribution in [1.29, 1.82) is 0 Å². The minimum Gasteiger partial charge on any atom is -0.495 e. The van der Waals surface area contributed by atoms with E-state index in [-0.39, 0.29) is 11.3 Å². The maximum absolute atomic E-state index is 12.9. The van der Waals surface area contributed by atoms with Crippen LogP contribution < -0.4 is 15.0 Å². The number of carbonyl (C=O) groups is 1. The molecule has 198 valence electrons. The molecule has 3 aromatic carbocycles. The van der Waals surface area contributed by atoms with E-state index in [1.807, 2.05) is 59.4 Å². The Bertz CT molecular complexity index is 1610. The van der Waals surface area contributed by atoms with Gasteiger partial charge in [-0.05, 0) is 55.0 Å². The first-order valence-corrected chi connectivity index (χ1v) is 13.5. The molecule has 6 nitrogen and oxygen atoms in total. The number of hydrogen-bond donors (Lipinski definition) is 1. The monoisotopic (exact) mass is 538 g/mol. The number of nitrogens with one attached hydrogen (secondary N) is 1. The van der Waals surface area contributed by atoms with Crippen LogP contribution in [0.2, 0.25) is 5.02 Å². The molecule has 0 spiro atoms. The molecule has 0 aliphatic carbocycles. The highest BCUT2D eigenvalue weighted by Crippen LogP contribution is 2.52. The zero-order valence-electron chi connectivity index (χ0n) is 22.5. The second-order valence-corrected chi connectivity index (χ2v) is 11.2. The number of aryl methyl sites for hydroxylation is 1. The molecule has 1 atom stereocenters. The van der Waals surface area contributed by atoms with Crippen molar-refractivity contribution in [2.75, 3.05) is 18.6 Å². The van der Waals surface area contributed by atoms with Crippen LogP contribution >= 0.6 is 11.6 Å². The van der Waals surface area contributed by atoms with E-state index in [1.165, 1.54) is 11.1 Å². The number of ether oxygens (including phenoxy) is 1. The summed E-state index contributed by atoms with van der Waals surface area (Å²) in [4.78, 5) is 15.2. The Labute approximate surface area is 233 Å². The fourth-order valence-electron chi connectivity index (χ4n) is 5.94. The summed E-state index contributed by atoms with van der Waals surface area (Å²) >= 11 is 6.51. The van der Waals surface area contributed by atoms with Crippen LogP contribution in [0.15, 0.2) is 79.0 Å². The fourth-order valence-corrected chi connectivity index (χ4v) is 6.20. The van der Waals surface area contributed by atoms with Crippen LogP contribution in [-0.2, 0) is 10.2 Å². The number of methoxy groups -OCH3 is 1. The number of anilines is 1. The number of aromatic nitrogens is 2. The second-order valence-electron chi connectivity index (χ2n) is 10.8. The average Bonchev–Trinajstić information content (AvgIpc) is 3.43. The van der Waals surface area contributed by atoms with Gasteiger partial charge in [0.25, 0.3) is 0 Å². The van der Waals surface area contributed by atoms with Gasteiger partial charge in [0.1, 0.15) is 11.4 Å². The fraction of sp³-hybridized carbons (Fsp3) is 0.250. The Morgan fingerprint density at radius 1 is 1.08 bits per heavy atom. The predicted molar refractivity (Wildman–Crippen MR) is 157 cm³/mol. The van der Waals surface area contributed by atoms with Gasteiger partial charge in [-0.15, -0.1) is 0 Å². The number of rotatable bonds is 5. The number of carbonyl (C=O) groups excluding carboxylic acids is 1.